The quantitative estimate of drug-likeness (QED) is 0.256. The van der Waals surface area contributed by atoms with Crippen LogP contribution < -0.4 is 5.32 Å². The molecule has 1 saturated carbocycles. The minimum atomic E-state index is -1.24. The van der Waals surface area contributed by atoms with Crippen molar-refractivity contribution in [1.82, 2.24) is 10.2 Å². The minimum absolute atomic E-state index is 0.000638. The van der Waals surface area contributed by atoms with Crippen LogP contribution in [0.3, 0.4) is 0 Å². The zero-order chi connectivity index (χ0) is 25.9. The van der Waals surface area contributed by atoms with Gasteiger partial charge in [-0.05, 0) is 64.6 Å². The summed E-state index contributed by atoms with van der Waals surface area (Å²) < 4.78 is 0.870. The number of rotatable bonds is 8. The molecule has 2 atom stereocenters. The highest BCUT2D eigenvalue weighted by Crippen LogP contribution is 2.53. The Kier molecular flexibility index (Phi) is 8.29. The minimum Gasteiger partial charge on any atom is -0.392 e. The number of aliphatic hydroxyl groups excluding tert-OH is 1. The molecule has 8 nitrogen and oxygen atoms in total. The van der Waals surface area contributed by atoms with Gasteiger partial charge in [-0.15, -0.1) is 0 Å². The topological polar surface area (TPSA) is 113 Å². The molecule has 2 aliphatic rings. The van der Waals surface area contributed by atoms with Crippen LogP contribution in [0.1, 0.15) is 74.6 Å². The maximum absolute atomic E-state index is 14.1. The van der Waals surface area contributed by atoms with Gasteiger partial charge in [0.25, 0.3) is 5.69 Å². The standard InChI is InChI=1S/C27H32IN3O5/c1-2-14-29-26(34)27(19-9-11-21(12-10-19)31(35)36)16-24(33)30(20-6-4-3-5-7-20)25(27)22-13-8-18(17-32)15-23(22)28/h8-13,15,20,25,32H,2-7,14,16-17H2,1H3,(H,29,34)/t25-,27-/m1/s1. The van der Waals surface area contributed by atoms with E-state index in [1.165, 1.54) is 12.1 Å². The number of likely N-dealkylation sites (tertiary alicyclic amines) is 1. The molecule has 1 aliphatic carbocycles. The normalized spacial score (nSPS) is 22.6. The summed E-state index contributed by atoms with van der Waals surface area (Å²) in [7, 11) is 0. The Balaban J connectivity index is 1.94. The fourth-order valence-corrected chi connectivity index (χ4v) is 6.63. The molecule has 1 aliphatic heterocycles. The van der Waals surface area contributed by atoms with E-state index in [4.69, 9.17) is 0 Å². The van der Waals surface area contributed by atoms with Gasteiger partial charge >= 0.3 is 0 Å². The van der Waals surface area contributed by atoms with Gasteiger partial charge < -0.3 is 15.3 Å². The van der Waals surface area contributed by atoms with Gasteiger partial charge in [0.1, 0.15) is 5.41 Å². The van der Waals surface area contributed by atoms with Crippen molar-refractivity contribution >= 4 is 40.1 Å². The molecule has 2 N–H and O–H groups in total. The number of hydrogen-bond donors (Lipinski definition) is 2. The number of carbonyl (C=O) groups is 2. The fourth-order valence-electron chi connectivity index (χ4n) is 5.76. The SMILES string of the molecule is CCCNC(=O)[C@@]1(c2ccc([N+](=O)[O-])cc2)CC(=O)N(C2CCCCC2)[C@@H]1c1ccc(CO)cc1I. The van der Waals surface area contributed by atoms with Crippen molar-refractivity contribution in [2.45, 2.75) is 76.0 Å². The molecule has 9 heteroatoms. The predicted octanol–water partition coefficient (Wildman–Crippen LogP) is 4.76. The Morgan fingerprint density at radius 2 is 1.89 bits per heavy atom. The van der Waals surface area contributed by atoms with E-state index in [1.54, 1.807) is 12.1 Å². The van der Waals surface area contributed by atoms with Gasteiger partial charge in [0, 0.05) is 34.7 Å². The van der Waals surface area contributed by atoms with Gasteiger partial charge in [0.2, 0.25) is 11.8 Å². The molecule has 1 heterocycles. The highest BCUT2D eigenvalue weighted by atomic mass is 127. The molecule has 36 heavy (non-hydrogen) atoms. The fraction of sp³-hybridized carbons (Fsp3) is 0.481. The number of carbonyl (C=O) groups excluding carboxylic acids is 2. The third kappa shape index (κ3) is 4.87. The Morgan fingerprint density at radius 1 is 1.19 bits per heavy atom. The number of aliphatic hydroxyl groups is 1. The molecule has 4 rings (SSSR count). The van der Waals surface area contributed by atoms with Crippen molar-refractivity contribution < 1.29 is 19.6 Å². The molecule has 0 bridgehead atoms. The van der Waals surface area contributed by atoms with Crippen LogP contribution >= 0.6 is 22.6 Å². The van der Waals surface area contributed by atoms with Crippen molar-refractivity contribution in [3.63, 3.8) is 0 Å². The number of halogens is 1. The summed E-state index contributed by atoms with van der Waals surface area (Å²) in [6, 6.07) is 11.2. The molecule has 1 saturated heterocycles. The Hall–Kier alpha value is -2.53. The van der Waals surface area contributed by atoms with Gasteiger partial charge in [-0.3, -0.25) is 19.7 Å². The van der Waals surface area contributed by atoms with Gasteiger partial charge in [-0.1, -0.05) is 50.5 Å². The summed E-state index contributed by atoms with van der Waals surface area (Å²) in [6.45, 7) is 2.34. The molecule has 2 fully saturated rings. The Bertz CT molecular complexity index is 1130. The van der Waals surface area contributed by atoms with E-state index in [-0.39, 0.29) is 36.6 Å². The largest absolute Gasteiger partial charge is 0.392 e. The van der Waals surface area contributed by atoms with E-state index in [1.807, 2.05) is 30.0 Å². The first-order chi connectivity index (χ1) is 17.3. The van der Waals surface area contributed by atoms with Crippen LogP contribution in [0.15, 0.2) is 42.5 Å². The van der Waals surface area contributed by atoms with Crippen LogP contribution in [0.2, 0.25) is 0 Å². The first kappa shape index (κ1) is 26.5. The van der Waals surface area contributed by atoms with Gasteiger partial charge in [0.05, 0.1) is 17.6 Å². The van der Waals surface area contributed by atoms with Crippen LogP contribution in [0.5, 0.6) is 0 Å². The summed E-state index contributed by atoms with van der Waals surface area (Å²) in [5.74, 6) is -0.309. The third-order valence-corrected chi connectivity index (χ3v) is 8.44. The van der Waals surface area contributed by atoms with Crippen LogP contribution in [-0.4, -0.2) is 39.3 Å². The van der Waals surface area contributed by atoms with Crippen LogP contribution in [0.4, 0.5) is 5.69 Å². The maximum Gasteiger partial charge on any atom is 0.269 e. The predicted molar refractivity (Wildman–Crippen MR) is 144 cm³/mol. The molecule has 192 valence electrons. The number of nitro groups is 1. The zero-order valence-corrected chi connectivity index (χ0v) is 22.6. The smallest absolute Gasteiger partial charge is 0.269 e. The van der Waals surface area contributed by atoms with Gasteiger partial charge in [-0.25, -0.2) is 0 Å². The molecular formula is C27H32IN3O5. The molecule has 2 aromatic carbocycles. The van der Waals surface area contributed by atoms with Crippen LogP contribution in [-0.2, 0) is 21.6 Å². The summed E-state index contributed by atoms with van der Waals surface area (Å²) in [5.41, 5.74) is 0.914. The summed E-state index contributed by atoms with van der Waals surface area (Å²) in [6.07, 6.45) is 5.73. The van der Waals surface area contributed by atoms with Crippen molar-refractivity contribution in [3.05, 3.63) is 72.8 Å². The van der Waals surface area contributed by atoms with E-state index in [0.717, 1.165) is 53.2 Å². The first-order valence-corrected chi connectivity index (χ1v) is 13.6. The number of amides is 2. The number of benzene rings is 2. The number of nitrogens with one attached hydrogen (secondary N) is 1. The van der Waals surface area contributed by atoms with Crippen LogP contribution in [0, 0.1) is 13.7 Å². The molecule has 2 aromatic rings. The van der Waals surface area contributed by atoms with E-state index >= 15 is 0 Å². The second-order valence-electron chi connectivity index (χ2n) is 9.72. The van der Waals surface area contributed by atoms with E-state index < -0.39 is 16.4 Å². The molecule has 0 aromatic heterocycles. The monoisotopic (exact) mass is 605 g/mol. The number of non-ortho nitro benzene ring substituents is 1. The Morgan fingerprint density at radius 3 is 2.47 bits per heavy atom. The summed E-state index contributed by atoms with van der Waals surface area (Å²) in [5, 5.41) is 24.0. The lowest BCUT2D eigenvalue weighted by Crippen LogP contribution is -2.50. The lowest BCUT2D eigenvalue weighted by atomic mass is 9.70. The van der Waals surface area contributed by atoms with Crippen LogP contribution in [0.25, 0.3) is 0 Å². The van der Waals surface area contributed by atoms with Crippen molar-refractivity contribution in [3.8, 4) is 0 Å². The van der Waals surface area contributed by atoms with E-state index in [9.17, 15) is 24.8 Å². The zero-order valence-electron chi connectivity index (χ0n) is 20.4. The lowest BCUT2D eigenvalue weighted by Gasteiger charge is -2.42. The van der Waals surface area contributed by atoms with E-state index in [0.29, 0.717) is 12.1 Å². The molecule has 2 amide bonds. The highest BCUT2D eigenvalue weighted by molar-refractivity contribution is 14.1. The number of nitro benzene ring substituents is 1. The van der Waals surface area contributed by atoms with Gasteiger partial charge in [0.15, 0.2) is 0 Å². The number of hydrogen-bond acceptors (Lipinski definition) is 5. The summed E-state index contributed by atoms with van der Waals surface area (Å²) >= 11 is 2.22. The second-order valence-corrected chi connectivity index (χ2v) is 10.9. The maximum atomic E-state index is 14.1. The van der Waals surface area contributed by atoms with Crippen molar-refractivity contribution in [2.24, 2.45) is 0 Å². The van der Waals surface area contributed by atoms with Gasteiger partial charge in [-0.2, -0.15) is 0 Å². The lowest BCUT2D eigenvalue weighted by molar-refractivity contribution is -0.384. The molecule has 0 radical (unpaired) electrons. The molecular weight excluding hydrogens is 573 g/mol. The molecule has 0 unspecified atom stereocenters. The average Bonchev–Trinajstić information content (AvgIpc) is 3.21. The highest BCUT2D eigenvalue weighted by Gasteiger charge is 2.59. The second kappa shape index (κ2) is 11.2. The van der Waals surface area contributed by atoms with E-state index in [2.05, 4.69) is 27.9 Å². The Labute approximate surface area is 224 Å². The summed E-state index contributed by atoms with van der Waals surface area (Å²) in [4.78, 5) is 40.7. The average molecular weight is 605 g/mol. The van der Waals surface area contributed by atoms with Crippen molar-refractivity contribution in [1.29, 1.82) is 0 Å². The first-order valence-electron chi connectivity index (χ1n) is 12.6. The molecule has 0 spiro atoms. The third-order valence-electron chi connectivity index (χ3n) is 7.51. The number of nitrogens with zero attached hydrogens (tertiary/aromatic N) is 2. The van der Waals surface area contributed by atoms with Crippen molar-refractivity contribution in [2.75, 3.05) is 6.54 Å².